The lowest BCUT2D eigenvalue weighted by Gasteiger charge is -2.20. The van der Waals surface area contributed by atoms with E-state index in [1.807, 2.05) is 6.07 Å². The topological polar surface area (TPSA) is 9.23 Å². The van der Waals surface area contributed by atoms with Crippen LogP contribution in [0, 0.1) is 0 Å². The van der Waals surface area contributed by atoms with Crippen LogP contribution in [0.1, 0.15) is 25.3 Å². The predicted octanol–water partition coefficient (Wildman–Crippen LogP) is 4.65. The second kappa shape index (κ2) is 9.05. The molecular weight excluding hydrogens is 320 g/mol. The Morgan fingerprint density at radius 2 is 1.24 bits per heavy atom. The van der Waals surface area contributed by atoms with Crippen LogP contribution in [0.2, 0.25) is 0 Å². The first-order valence-electron chi connectivity index (χ1n) is 8.79. The van der Waals surface area contributed by atoms with Gasteiger partial charge in [0.1, 0.15) is 5.76 Å². The zero-order valence-electron chi connectivity index (χ0n) is 14.6. The van der Waals surface area contributed by atoms with Crippen molar-refractivity contribution >= 4 is 25.2 Å². The lowest BCUT2D eigenvalue weighted by atomic mass is 10.1. The maximum Gasteiger partial charge on any atom is 0.352 e. The van der Waals surface area contributed by atoms with E-state index in [0.717, 1.165) is 24.2 Å². The molecule has 0 aliphatic carbocycles. The molecule has 125 valence electrons. The van der Waals surface area contributed by atoms with Gasteiger partial charge in [-0.25, -0.2) is 0 Å². The molecule has 0 N–H and O–H groups in total. The van der Waals surface area contributed by atoms with E-state index in [2.05, 4.69) is 97.9 Å². The van der Waals surface area contributed by atoms with Gasteiger partial charge in [0.15, 0.2) is 0 Å². The van der Waals surface area contributed by atoms with Gasteiger partial charge in [-0.3, -0.25) is 0 Å². The number of unbranched alkanes of at least 4 members (excludes halogenated alkanes) is 1. The Kier molecular flexibility index (Phi) is 6.24. The summed E-state index contributed by atoms with van der Waals surface area (Å²) in [4.78, 5) is 0. The first-order chi connectivity index (χ1) is 12.4. The molecule has 0 aromatic heterocycles. The lowest BCUT2D eigenvalue weighted by molar-refractivity contribution is 0.545. The quantitative estimate of drug-likeness (QED) is 0.448. The van der Waals surface area contributed by atoms with Crippen molar-refractivity contribution in [1.82, 2.24) is 0 Å². The SMILES string of the molecule is CCC/C=C(/O[Si](c1ccccc1)c1ccccc1)c1ccccc1. The number of hydrogen-bond donors (Lipinski definition) is 0. The van der Waals surface area contributed by atoms with Crippen molar-refractivity contribution in [2.45, 2.75) is 19.8 Å². The molecule has 2 heteroatoms. The minimum absolute atomic E-state index is 0.990. The number of benzene rings is 3. The molecule has 0 bridgehead atoms. The highest BCUT2D eigenvalue weighted by Crippen LogP contribution is 2.18. The Labute approximate surface area is 152 Å². The minimum Gasteiger partial charge on any atom is -0.532 e. The number of hydrogen-bond acceptors (Lipinski definition) is 1. The summed E-state index contributed by atoms with van der Waals surface area (Å²) in [6.07, 6.45) is 4.35. The second-order valence-corrected chi connectivity index (χ2v) is 7.90. The van der Waals surface area contributed by atoms with Crippen LogP contribution in [-0.4, -0.2) is 9.04 Å². The summed E-state index contributed by atoms with van der Waals surface area (Å²) in [5.41, 5.74) is 1.14. The van der Waals surface area contributed by atoms with Gasteiger partial charge in [0, 0.05) is 5.56 Å². The zero-order valence-corrected chi connectivity index (χ0v) is 15.6. The van der Waals surface area contributed by atoms with Gasteiger partial charge in [-0.05, 0) is 22.9 Å². The number of rotatable bonds is 7. The summed E-state index contributed by atoms with van der Waals surface area (Å²) < 4.78 is 6.67. The summed E-state index contributed by atoms with van der Waals surface area (Å²) in [5, 5.41) is 2.52. The van der Waals surface area contributed by atoms with Gasteiger partial charge in [-0.15, -0.1) is 0 Å². The second-order valence-electron chi connectivity index (χ2n) is 5.89. The van der Waals surface area contributed by atoms with Crippen molar-refractivity contribution in [3.05, 3.63) is 103 Å². The van der Waals surface area contributed by atoms with Gasteiger partial charge in [-0.1, -0.05) is 104 Å². The molecule has 25 heavy (non-hydrogen) atoms. The predicted molar refractivity (Wildman–Crippen MR) is 108 cm³/mol. The molecule has 0 saturated heterocycles. The summed E-state index contributed by atoms with van der Waals surface area (Å²) in [5.74, 6) is 0.990. The molecule has 0 fully saturated rings. The van der Waals surface area contributed by atoms with Crippen LogP contribution < -0.4 is 10.4 Å². The molecule has 1 radical (unpaired) electrons. The lowest BCUT2D eigenvalue weighted by Crippen LogP contribution is -2.44. The Balaban J connectivity index is 1.98. The van der Waals surface area contributed by atoms with E-state index in [4.69, 9.17) is 4.43 Å². The molecule has 0 atom stereocenters. The van der Waals surface area contributed by atoms with E-state index in [0.29, 0.717) is 0 Å². The van der Waals surface area contributed by atoms with Gasteiger partial charge in [0.05, 0.1) is 0 Å². The van der Waals surface area contributed by atoms with Crippen molar-refractivity contribution in [2.75, 3.05) is 0 Å². The molecule has 1 nitrogen and oxygen atoms in total. The minimum atomic E-state index is -1.34. The first kappa shape index (κ1) is 17.2. The van der Waals surface area contributed by atoms with Crippen molar-refractivity contribution in [1.29, 1.82) is 0 Å². The van der Waals surface area contributed by atoms with Crippen molar-refractivity contribution in [3.8, 4) is 0 Å². The smallest absolute Gasteiger partial charge is 0.352 e. The number of allylic oxidation sites excluding steroid dienone is 1. The van der Waals surface area contributed by atoms with E-state index in [1.54, 1.807) is 0 Å². The van der Waals surface area contributed by atoms with Crippen molar-refractivity contribution in [3.63, 3.8) is 0 Å². The van der Waals surface area contributed by atoms with Gasteiger partial charge >= 0.3 is 9.04 Å². The average Bonchev–Trinajstić information content (AvgIpc) is 2.70. The summed E-state index contributed by atoms with van der Waals surface area (Å²) in [6, 6.07) is 31.6. The third-order valence-corrected chi connectivity index (χ3v) is 6.10. The highest BCUT2D eigenvalue weighted by atomic mass is 28.3. The summed E-state index contributed by atoms with van der Waals surface area (Å²) >= 11 is 0. The van der Waals surface area contributed by atoms with Gasteiger partial charge in [0.2, 0.25) is 0 Å². The Bertz CT molecular complexity index is 743. The van der Waals surface area contributed by atoms with Crippen molar-refractivity contribution < 1.29 is 4.43 Å². The highest BCUT2D eigenvalue weighted by molar-refractivity contribution is 6.80. The maximum atomic E-state index is 6.67. The van der Waals surface area contributed by atoms with E-state index < -0.39 is 9.04 Å². The molecule has 0 aliphatic heterocycles. The standard InChI is InChI=1S/C23H23OSi/c1-2-3-19-23(20-13-7-4-8-14-20)24-25(21-15-9-5-10-16-21)22-17-11-6-12-18-22/h4-19H,2-3H2,1H3/b23-19+. The molecule has 3 rings (SSSR count). The van der Waals surface area contributed by atoms with Crippen LogP contribution in [0.25, 0.3) is 5.76 Å². The van der Waals surface area contributed by atoms with Gasteiger partial charge < -0.3 is 4.43 Å². The molecule has 3 aromatic carbocycles. The van der Waals surface area contributed by atoms with Crippen molar-refractivity contribution in [2.24, 2.45) is 0 Å². The molecule has 0 aliphatic rings. The van der Waals surface area contributed by atoms with Crippen LogP contribution in [-0.2, 0) is 4.43 Å². The Hall–Kier alpha value is -2.58. The first-order valence-corrected chi connectivity index (χ1v) is 10.2. The Morgan fingerprint density at radius 1 is 0.760 bits per heavy atom. The molecule has 0 unspecified atom stereocenters. The monoisotopic (exact) mass is 343 g/mol. The van der Waals surface area contributed by atoms with E-state index in [-0.39, 0.29) is 0 Å². The molecule has 0 saturated carbocycles. The van der Waals surface area contributed by atoms with Gasteiger partial charge in [-0.2, -0.15) is 0 Å². The maximum absolute atomic E-state index is 6.67. The van der Waals surface area contributed by atoms with E-state index >= 15 is 0 Å². The van der Waals surface area contributed by atoms with E-state index in [9.17, 15) is 0 Å². The Morgan fingerprint density at radius 3 is 1.72 bits per heavy atom. The van der Waals surface area contributed by atoms with Gasteiger partial charge in [0.25, 0.3) is 0 Å². The van der Waals surface area contributed by atoms with Crippen LogP contribution in [0.5, 0.6) is 0 Å². The molecular formula is C23H23OSi. The fraction of sp³-hybridized carbons (Fsp3) is 0.130. The summed E-state index contributed by atoms with van der Waals surface area (Å²) in [7, 11) is -1.34. The molecule has 0 heterocycles. The molecule has 0 amide bonds. The zero-order chi connectivity index (χ0) is 17.3. The van der Waals surface area contributed by atoms with Crippen LogP contribution in [0.15, 0.2) is 97.1 Å². The summed E-state index contributed by atoms with van der Waals surface area (Å²) in [6.45, 7) is 2.19. The molecule has 0 spiro atoms. The largest absolute Gasteiger partial charge is 0.532 e. The fourth-order valence-corrected chi connectivity index (χ4v) is 4.65. The van der Waals surface area contributed by atoms with Crippen LogP contribution in [0.3, 0.4) is 0 Å². The third-order valence-electron chi connectivity index (χ3n) is 3.96. The van der Waals surface area contributed by atoms with Crippen LogP contribution in [0.4, 0.5) is 0 Å². The average molecular weight is 344 g/mol. The fourth-order valence-electron chi connectivity index (χ4n) is 2.67. The normalized spacial score (nSPS) is 11.5. The van der Waals surface area contributed by atoms with E-state index in [1.165, 1.54) is 10.4 Å². The molecule has 3 aromatic rings. The third kappa shape index (κ3) is 4.71. The van der Waals surface area contributed by atoms with Crippen LogP contribution >= 0.6 is 0 Å². The highest BCUT2D eigenvalue weighted by Gasteiger charge is 2.22.